The van der Waals surface area contributed by atoms with Crippen molar-refractivity contribution in [2.24, 2.45) is 0 Å². The van der Waals surface area contributed by atoms with E-state index in [1.54, 1.807) is 13.8 Å². The quantitative estimate of drug-likeness (QED) is 0.435. The molecule has 0 atom stereocenters. The normalized spacial score (nSPS) is 11.1. The van der Waals surface area contributed by atoms with Crippen LogP contribution in [0, 0.1) is 23.5 Å². The van der Waals surface area contributed by atoms with Crippen molar-refractivity contribution in [2.75, 3.05) is 0 Å². The molecule has 0 unspecified atom stereocenters. The third-order valence-corrected chi connectivity index (χ3v) is 2.38. The molecular formula is C8H7F4NS. The molecule has 0 aromatic carbocycles. The van der Waals surface area contributed by atoms with Gasteiger partial charge in [0, 0.05) is 5.25 Å². The van der Waals surface area contributed by atoms with Crippen LogP contribution in [0.15, 0.2) is 4.90 Å². The smallest absolute Gasteiger partial charge is 0.201 e. The molecule has 0 saturated carbocycles. The van der Waals surface area contributed by atoms with E-state index >= 15 is 0 Å². The first-order chi connectivity index (χ1) is 6.43. The van der Waals surface area contributed by atoms with Crippen molar-refractivity contribution in [3.05, 3.63) is 23.5 Å². The summed E-state index contributed by atoms with van der Waals surface area (Å²) in [7, 11) is 0. The summed E-state index contributed by atoms with van der Waals surface area (Å²) in [6.45, 7) is 3.31. The Morgan fingerprint density at radius 3 is 1.79 bits per heavy atom. The van der Waals surface area contributed by atoms with Crippen LogP contribution in [0.5, 0.6) is 0 Å². The zero-order valence-corrected chi connectivity index (χ0v) is 8.26. The van der Waals surface area contributed by atoms with Crippen molar-refractivity contribution in [3.8, 4) is 0 Å². The van der Waals surface area contributed by atoms with Crippen LogP contribution in [0.25, 0.3) is 0 Å². The molecule has 1 aromatic rings. The zero-order chi connectivity index (χ0) is 10.9. The minimum absolute atomic E-state index is 0.180. The molecule has 14 heavy (non-hydrogen) atoms. The van der Waals surface area contributed by atoms with E-state index in [1.807, 2.05) is 0 Å². The van der Waals surface area contributed by atoms with Gasteiger partial charge in [-0.15, -0.1) is 11.8 Å². The van der Waals surface area contributed by atoms with E-state index < -0.39 is 28.4 Å². The maximum absolute atomic E-state index is 12.9. The molecule has 1 aromatic heterocycles. The fraction of sp³-hybridized carbons (Fsp3) is 0.375. The summed E-state index contributed by atoms with van der Waals surface area (Å²) in [5.41, 5.74) is 0. The molecule has 0 aliphatic carbocycles. The van der Waals surface area contributed by atoms with Crippen molar-refractivity contribution in [3.63, 3.8) is 0 Å². The molecule has 1 nitrogen and oxygen atoms in total. The maximum atomic E-state index is 12.9. The third-order valence-electron chi connectivity index (χ3n) is 1.31. The number of hydrogen-bond acceptors (Lipinski definition) is 2. The highest BCUT2D eigenvalue weighted by Crippen LogP contribution is 2.30. The molecule has 1 rings (SSSR count). The molecule has 0 aliphatic heterocycles. The number of halogens is 4. The topological polar surface area (TPSA) is 12.9 Å². The summed E-state index contributed by atoms with van der Waals surface area (Å²) in [6.07, 6.45) is 0. The number of rotatable bonds is 2. The fourth-order valence-corrected chi connectivity index (χ4v) is 1.65. The van der Waals surface area contributed by atoms with E-state index in [0.717, 1.165) is 0 Å². The molecule has 0 radical (unpaired) electrons. The minimum Gasteiger partial charge on any atom is -0.201 e. The molecule has 0 amide bonds. The summed E-state index contributed by atoms with van der Waals surface area (Å²) in [6, 6.07) is 0. The van der Waals surface area contributed by atoms with E-state index in [2.05, 4.69) is 4.98 Å². The Kier molecular flexibility index (Phi) is 3.36. The predicted octanol–water partition coefficient (Wildman–Crippen LogP) is 3.14. The minimum atomic E-state index is -1.62. The van der Waals surface area contributed by atoms with Crippen molar-refractivity contribution in [2.45, 2.75) is 24.0 Å². The van der Waals surface area contributed by atoms with Gasteiger partial charge >= 0.3 is 0 Å². The van der Waals surface area contributed by atoms with Crippen LogP contribution in [-0.2, 0) is 0 Å². The van der Waals surface area contributed by atoms with E-state index in [4.69, 9.17) is 0 Å². The van der Waals surface area contributed by atoms with E-state index in [0.29, 0.717) is 11.8 Å². The maximum Gasteiger partial charge on any atom is 0.252 e. The van der Waals surface area contributed by atoms with E-state index in [9.17, 15) is 17.6 Å². The van der Waals surface area contributed by atoms with Crippen molar-refractivity contribution >= 4 is 11.8 Å². The first kappa shape index (κ1) is 11.3. The highest BCUT2D eigenvalue weighted by atomic mass is 32.2. The Hall–Kier alpha value is -0.780. The summed E-state index contributed by atoms with van der Waals surface area (Å²) in [5.74, 6) is -6.12. The Morgan fingerprint density at radius 2 is 1.43 bits per heavy atom. The number of hydrogen-bond donors (Lipinski definition) is 0. The number of pyridine rings is 1. The van der Waals surface area contributed by atoms with E-state index in [1.165, 1.54) is 0 Å². The molecule has 0 N–H and O–H groups in total. The highest BCUT2D eigenvalue weighted by molar-refractivity contribution is 7.99. The second-order valence-corrected chi connectivity index (χ2v) is 4.40. The van der Waals surface area contributed by atoms with Gasteiger partial charge in [0.1, 0.15) is 0 Å². The average molecular weight is 225 g/mol. The van der Waals surface area contributed by atoms with Gasteiger partial charge < -0.3 is 0 Å². The zero-order valence-electron chi connectivity index (χ0n) is 7.44. The van der Waals surface area contributed by atoms with Crippen LogP contribution < -0.4 is 0 Å². The van der Waals surface area contributed by atoms with Crippen LogP contribution in [0.1, 0.15) is 13.8 Å². The van der Waals surface area contributed by atoms with Gasteiger partial charge in [-0.05, 0) is 0 Å². The predicted molar refractivity (Wildman–Crippen MR) is 45.1 cm³/mol. The van der Waals surface area contributed by atoms with Gasteiger partial charge in [0.2, 0.25) is 0 Å². The van der Waals surface area contributed by atoms with Crippen LogP contribution in [0.4, 0.5) is 17.6 Å². The molecule has 0 bridgehead atoms. The molecule has 1 heterocycles. The second-order valence-electron chi connectivity index (χ2n) is 2.82. The van der Waals surface area contributed by atoms with Crippen LogP contribution in [0.3, 0.4) is 0 Å². The van der Waals surface area contributed by atoms with Crippen LogP contribution in [-0.4, -0.2) is 10.2 Å². The van der Waals surface area contributed by atoms with Crippen LogP contribution >= 0.6 is 11.8 Å². The van der Waals surface area contributed by atoms with Crippen LogP contribution in [0.2, 0.25) is 0 Å². The number of nitrogens with zero attached hydrogens (tertiary/aromatic N) is 1. The van der Waals surface area contributed by atoms with Crippen molar-refractivity contribution in [1.29, 1.82) is 0 Å². The lowest BCUT2D eigenvalue weighted by Gasteiger charge is -2.07. The monoisotopic (exact) mass is 225 g/mol. The molecule has 0 aliphatic rings. The lowest BCUT2D eigenvalue weighted by Crippen LogP contribution is -2.03. The Bertz CT molecular complexity index is 327. The second kappa shape index (κ2) is 4.16. The Balaban J connectivity index is 3.25. The van der Waals surface area contributed by atoms with Gasteiger partial charge in [-0.25, -0.2) is 8.78 Å². The molecule has 0 saturated heterocycles. The Labute approximate surface area is 82.5 Å². The third kappa shape index (κ3) is 2.17. The van der Waals surface area contributed by atoms with Gasteiger partial charge in [-0.1, -0.05) is 13.8 Å². The van der Waals surface area contributed by atoms with Gasteiger partial charge in [0.25, 0.3) is 11.9 Å². The van der Waals surface area contributed by atoms with Gasteiger partial charge in [-0.3, -0.25) is 0 Å². The highest BCUT2D eigenvalue weighted by Gasteiger charge is 2.21. The lowest BCUT2D eigenvalue weighted by molar-refractivity contribution is 0.383. The Morgan fingerprint density at radius 1 is 1.00 bits per heavy atom. The number of thioether (sulfide) groups is 1. The standard InChI is InChI=1S/C8H7F4NS/c1-3(2)14-6-4(9)7(11)13-8(12)5(6)10/h3H,1-2H3. The summed E-state index contributed by atoms with van der Waals surface area (Å²) >= 11 is 0.710. The summed E-state index contributed by atoms with van der Waals surface area (Å²) in [4.78, 5) is 1.78. The molecule has 0 fully saturated rings. The average Bonchev–Trinajstić information content (AvgIpc) is 2.09. The van der Waals surface area contributed by atoms with Crippen molar-refractivity contribution < 1.29 is 17.6 Å². The van der Waals surface area contributed by atoms with Crippen molar-refractivity contribution in [1.82, 2.24) is 4.98 Å². The molecule has 6 heteroatoms. The van der Waals surface area contributed by atoms with E-state index in [-0.39, 0.29) is 5.25 Å². The summed E-state index contributed by atoms with van der Waals surface area (Å²) in [5, 5.41) is -0.180. The molecule has 0 spiro atoms. The first-order valence-electron chi connectivity index (χ1n) is 3.80. The lowest BCUT2D eigenvalue weighted by atomic mass is 10.4. The number of aromatic nitrogens is 1. The SMILES string of the molecule is CC(C)Sc1c(F)c(F)nc(F)c1F. The fourth-order valence-electron chi connectivity index (χ4n) is 0.807. The van der Waals surface area contributed by atoms with Gasteiger partial charge in [0.05, 0.1) is 4.90 Å². The molecule has 78 valence electrons. The summed E-state index contributed by atoms with van der Waals surface area (Å²) < 4.78 is 51.0. The largest absolute Gasteiger partial charge is 0.252 e. The first-order valence-corrected chi connectivity index (χ1v) is 4.68. The molecular weight excluding hydrogens is 218 g/mol. The van der Waals surface area contributed by atoms with Gasteiger partial charge in [-0.2, -0.15) is 13.8 Å². The van der Waals surface area contributed by atoms with Gasteiger partial charge in [0.15, 0.2) is 11.6 Å².